The van der Waals surface area contributed by atoms with E-state index >= 15 is 0 Å². The monoisotopic (exact) mass is 953 g/mol. The number of hydrogen-bond acceptors (Lipinski definition) is 10. The molecule has 13 atom stereocenters. The quantitative estimate of drug-likeness (QED) is 0.0733. The predicted molar refractivity (Wildman–Crippen MR) is 278 cm³/mol. The van der Waals surface area contributed by atoms with Crippen LogP contribution in [0, 0.1) is 64.6 Å². The number of nitrogens with one attached hydrogen (secondary N) is 3. The zero-order valence-electron chi connectivity index (χ0n) is 42.2. The van der Waals surface area contributed by atoms with Crippen LogP contribution in [0.15, 0.2) is 78.1 Å². The number of phenolic OH excluding ortho intramolecular Hbond substituents is 1. The third-order valence-electron chi connectivity index (χ3n) is 18.2. The van der Waals surface area contributed by atoms with E-state index < -0.39 is 23.5 Å². The van der Waals surface area contributed by atoms with E-state index in [-0.39, 0.29) is 35.7 Å². The summed E-state index contributed by atoms with van der Waals surface area (Å²) in [6.45, 7) is 10.1. The molecule has 0 radical (unpaired) electrons. The summed E-state index contributed by atoms with van der Waals surface area (Å²) >= 11 is 0. The van der Waals surface area contributed by atoms with Gasteiger partial charge in [-0.1, -0.05) is 87.6 Å². The Balaban J connectivity index is 1.00. The molecular formula is C60H80N4O6. The van der Waals surface area contributed by atoms with Crippen LogP contribution in [-0.2, 0) is 16.0 Å². The maximum absolute atomic E-state index is 14.8. The van der Waals surface area contributed by atoms with Crippen molar-refractivity contribution >= 4 is 22.3 Å². The smallest absolute Gasteiger partial charge is 0.160 e. The van der Waals surface area contributed by atoms with E-state index in [2.05, 4.69) is 97.1 Å². The number of aliphatic hydroxyl groups excluding tert-OH is 2. The first-order valence-corrected chi connectivity index (χ1v) is 27.0. The Bertz CT molecular complexity index is 2490. The molecule has 0 unspecified atom stereocenters. The highest BCUT2D eigenvalue weighted by Gasteiger charge is 2.53. The summed E-state index contributed by atoms with van der Waals surface area (Å²) in [6, 6.07) is 19.0. The number of piperidine rings is 1. The molecule has 1 spiro atoms. The van der Waals surface area contributed by atoms with Crippen molar-refractivity contribution in [2.75, 3.05) is 33.3 Å². The van der Waals surface area contributed by atoms with Crippen LogP contribution in [0.4, 0.5) is 0 Å². The van der Waals surface area contributed by atoms with E-state index in [1.165, 1.54) is 12.5 Å². The lowest BCUT2D eigenvalue weighted by Gasteiger charge is -2.54. The number of ether oxygens (including phenoxy) is 1. The number of carbonyl (C=O) groups excluding carboxylic acids is 2. The SMILES string of the molecule is CCNC[C@H]1C[C@H]2[C@H](CN[C@@H]3CC(=O)CC[C@H]23)C[C@@H]1[C@H]1CC[C@@]2(C#C[C@H](CC[C@H](O)[C@H](CCC(C)C)[C@H](C3=CCNC(N)=C3)c3ccc4ccccc4c3)c3cc(O)c(OC)cc3CCC2=O)[C@H](O)C1. The van der Waals surface area contributed by atoms with Crippen molar-refractivity contribution in [2.24, 2.45) is 58.5 Å². The lowest BCUT2D eigenvalue weighted by molar-refractivity contribution is -0.136. The number of benzene rings is 3. The molecule has 4 fully saturated rings. The minimum absolute atomic E-state index is 0.0125. The van der Waals surface area contributed by atoms with E-state index in [1.807, 2.05) is 12.1 Å². The molecule has 3 saturated carbocycles. The number of nitrogens with two attached hydrogens (primary N) is 1. The Morgan fingerprint density at radius 3 is 2.54 bits per heavy atom. The van der Waals surface area contributed by atoms with E-state index in [9.17, 15) is 24.9 Å². The molecule has 3 aromatic carbocycles. The van der Waals surface area contributed by atoms with Crippen LogP contribution in [0.2, 0.25) is 0 Å². The molecule has 10 heteroatoms. The Kier molecular flexibility index (Phi) is 15.8. The summed E-state index contributed by atoms with van der Waals surface area (Å²) in [6.07, 6.45) is 12.5. The zero-order chi connectivity index (χ0) is 49.1. The molecule has 4 aliphatic carbocycles. The highest BCUT2D eigenvalue weighted by Crippen LogP contribution is 2.54. The number of aliphatic hydroxyl groups is 2. The van der Waals surface area contributed by atoms with Crippen LogP contribution in [0.25, 0.3) is 10.8 Å². The van der Waals surface area contributed by atoms with Crippen LogP contribution in [0.1, 0.15) is 133 Å². The number of methoxy groups -OCH3 is 1. The number of fused-ring (bicyclic) bond motifs is 5. The molecule has 0 bridgehead atoms. The van der Waals surface area contributed by atoms with Crippen molar-refractivity contribution in [3.05, 3.63) is 94.8 Å². The number of carbonyl (C=O) groups is 2. The van der Waals surface area contributed by atoms with Gasteiger partial charge >= 0.3 is 0 Å². The molecule has 1 saturated heterocycles. The van der Waals surface area contributed by atoms with E-state index in [0.29, 0.717) is 110 Å². The molecule has 2 heterocycles. The fraction of sp³-hybridized carbons (Fsp3) is 0.600. The third-order valence-corrected chi connectivity index (χ3v) is 18.2. The number of dihydropyridines is 1. The second-order valence-corrected chi connectivity index (χ2v) is 22.6. The second-order valence-electron chi connectivity index (χ2n) is 22.6. The molecule has 10 nitrogen and oxygen atoms in total. The average molecular weight is 953 g/mol. The van der Waals surface area contributed by atoms with Gasteiger partial charge in [-0.2, -0.15) is 0 Å². The third kappa shape index (κ3) is 10.6. The largest absolute Gasteiger partial charge is 0.504 e. The average Bonchev–Trinajstić information content (AvgIpc) is 3.40. The van der Waals surface area contributed by atoms with Crippen molar-refractivity contribution in [2.45, 2.75) is 141 Å². The number of ketones is 2. The minimum Gasteiger partial charge on any atom is -0.504 e. The molecule has 9 rings (SSSR count). The van der Waals surface area contributed by atoms with Crippen molar-refractivity contribution in [3.63, 3.8) is 0 Å². The van der Waals surface area contributed by atoms with Gasteiger partial charge in [-0.15, -0.1) is 0 Å². The van der Waals surface area contributed by atoms with Gasteiger partial charge in [0.1, 0.15) is 11.2 Å². The topological polar surface area (TPSA) is 166 Å². The van der Waals surface area contributed by atoms with Gasteiger partial charge in [0.05, 0.1) is 25.1 Å². The first kappa shape index (κ1) is 50.3. The number of phenols is 1. The molecule has 0 amide bonds. The van der Waals surface area contributed by atoms with Gasteiger partial charge in [-0.3, -0.25) is 9.59 Å². The second kappa shape index (κ2) is 22.0. The molecule has 376 valence electrons. The molecule has 3 aromatic rings. The van der Waals surface area contributed by atoms with Crippen LogP contribution < -0.4 is 26.4 Å². The number of aryl methyl sites for hydroxylation is 1. The fourth-order valence-electron chi connectivity index (χ4n) is 14.4. The van der Waals surface area contributed by atoms with E-state index in [1.54, 1.807) is 6.07 Å². The van der Waals surface area contributed by atoms with Gasteiger partial charge in [-0.05, 0) is 182 Å². The highest BCUT2D eigenvalue weighted by molar-refractivity contribution is 5.89. The highest BCUT2D eigenvalue weighted by atomic mass is 16.5. The summed E-state index contributed by atoms with van der Waals surface area (Å²) in [5, 5.41) is 49.6. The summed E-state index contributed by atoms with van der Waals surface area (Å²) in [5.74, 6) is 11.2. The maximum atomic E-state index is 14.8. The zero-order valence-corrected chi connectivity index (χ0v) is 42.2. The predicted octanol–water partition coefficient (Wildman–Crippen LogP) is 8.82. The molecule has 8 N–H and O–H groups in total. The molecule has 0 aromatic heterocycles. The van der Waals surface area contributed by atoms with E-state index in [4.69, 9.17) is 10.5 Å². The van der Waals surface area contributed by atoms with Gasteiger partial charge < -0.3 is 41.7 Å². The standard InChI is InChI=1S/C60H80N4O6/c1-5-62-34-44-28-51-45(35-64-52-32-46(65)15-17-47(51)52)27-49(44)41-21-24-60(57(69)30-41)23-20-38(50-33-54(67)55(70-4)29-40(50)14-19-56(60)68)13-18-53(66)48(16-10-36(2)3)59(43-22-25-63-58(61)31-43)42-12-11-37-8-6-7-9-39(37)26-42/h6-9,11-12,22,26,29,31,33,36,38,41,44-45,47-49,51-53,57,59,62-64,66-67,69H,5,10,13-19,21,24-25,27-28,30,32,34-35,61H2,1-4H3/t38-,41-,44+,45-,47+,48-,49+,51-,52+,53-,57+,59-,60+/m0/s1. The minimum atomic E-state index is -1.20. The van der Waals surface area contributed by atoms with Crippen LogP contribution >= 0.6 is 0 Å². The van der Waals surface area contributed by atoms with Gasteiger partial charge in [0.2, 0.25) is 0 Å². The summed E-state index contributed by atoms with van der Waals surface area (Å²) in [4.78, 5) is 27.2. The number of aromatic hydroxyl groups is 1. The summed E-state index contributed by atoms with van der Waals surface area (Å²) in [5.41, 5.74) is 9.24. The van der Waals surface area contributed by atoms with Crippen LogP contribution in [-0.4, -0.2) is 78.4 Å². The molecule has 70 heavy (non-hydrogen) atoms. The summed E-state index contributed by atoms with van der Waals surface area (Å²) < 4.78 is 5.61. The first-order valence-electron chi connectivity index (χ1n) is 27.0. The van der Waals surface area contributed by atoms with Gasteiger partial charge in [0, 0.05) is 43.7 Å². The van der Waals surface area contributed by atoms with Gasteiger partial charge in [0.15, 0.2) is 17.3 Å². The fourth-order valence-corrected chi connectivity index (χ4v) is 14.4. The lowest BCUT2D eigenvalue weighted by Crippen LogP contribution is -2.57. The van der Waals surface area contributed by atoms with Crippen molar-refractivity contribution in [1.82, 2.24) is 16.0 Å². The Morgan fingerprint density at radius 1 is 0.943 bits per heavy atom. The summed E-state index contributed by atoms with van der Waals surface area (Å²) in [7, 11) is 1.54. The normalized spacial score (nSPS) is 31.3. The molecule has 2 aliphatic heterocycles. The van der Waals surface area contributed by atoms with Crippen molar-refractivity contribution < 1.29 is 29.6 Å². The molecular weight excluding hydrogens is 873 g/mol. The first-order chi connectivity index (χ1) is 33.8. The Labute approximate surface area is 417 Å². The van der Waals surface area contributed by atoms with Crippen molar-refractivity contribution in [1.29, 1.82) is 0 Å². The molecule has 6 aliphatic rings. The number of rotatable bonds is 15. The van der Waals surface area contributed by atoms with Crippen molar-refractivity contribution in [3.8, 4) is 23.3 Å². The van der Waals surface area contributed by atoms with Crippen LogP contribution in [0.3, 0.4) is 0 Å². The Morgan fingerprint density at radius 2 is 1.77 bits per heavy atom. The lowest BCUT2D eigenvalue weighted by atomic mass is 9.54. The Hall–Kier alpha value is -4.66. The van der Waals surface area contributed by atoms with Crippen LogP contribution in [0.5, 0.6) is 11.5 Å². The maximum Gasteiger partial charge on any atom is 0.160 e. The van der Waals surface area contributed by atoms with Gasteiger partial charge in [0.25, 0.3) is 0 Å². The number of allylic oxidation sites excluding steroid dienone is 2. The number of hydrogen-bond donors (Lipinski definition) is 7. The number of Topliss-reactive ketones (excluding diaryl/α,β-unsaturated/α-hetero) is 2. The van der Waals surface area contributed by atoms with Gasteiger partial charge in [-0.25, -0.2) is 0 Å². The van der Waals surface area contributed by atoms with E-state index in [0.717, 1.165) is 85.8 Å².